The van der Waals surface area contributed by atoms with E-state index < -0.39 is 40.5 Å². The second-order valence-corrected chi connectivity index (χ2v) is 7.27. The first-order chi connectivity index (χ1) is 14.7. The highest BCUT2D eigenvalue weighted by Crippen LogP contribution is 2.29. The monoisotopic (exact) mass is 453 g/mol. The van der Waals surface area contributed by atoms with Gasteiger partial charge in [0, 0.05) is 25.0 Å². The van der Waals surface area contributed by atoms with Gasteiger partial charge in [-0.05, 0) is 48.6 Å². The van der Waals surface area contributed by atoms with Crippen LogP contribution in [0.15, 0.2) is 41.3 Å². The number of nitrogens with one attached hydrogen (secondary N) is 2. The molecule has 1 atom stereocenters. The Kier molecular flexibility index (Phi) is 6.87. The summed E-state index contributed by atoms with van der Waals surface area (Å²) in [5.74, 6) is -3.08. The summed E-state index contributed by atoms with van der Waals surface area (Å²) >= 11 is 5.75. The number of anilines is 1. The molecular weight excluding hydrogens is 435 g/mol. The average molecular weight is 454 g/mol. The molecule has 3 rings (SSSR count). The molecule has 0 saturated carbocycles. The summed E-state index contributed by atoms with van der Waals surface area (Å²) in [7, 11) is 0. The number of pyridine rings is 1. The average Bonchev–Trinajstić information content (AvgIpc) is 2.73. The smallest absolute Gasteiger partial charge is 0.322 e. The largest absolute Gasteiger partial charge is 0.396 e. The van der Waals surface area contributed by atoms with Gasteiger partial charge in [0.2, 0.25) is 0 Å². The molecule has 0 bridgehead atoms. The summed E-state index contributed by atoms with van der Waals surface area (Å²) in [4.78, 5) is 28.7. The summed E-state index contributed by atoms with van der Waals surface area (Å²) in [6, 6.07) is 4.57. The molecule has 2 aromatic carbocycles. The first-order valence-corrected chi connectivity index (χ1v) is 9.75. The molecule has 3 aromatic rings. The van der Waals surface area contributed by atoms with Crippen molar-refractivity contribution in [2.45, 2.75) is 19.4 Å². The van der Waals surface area contributed by atoms with E-state index in [2.05, 4.69) is 10.3 Å². The van der Waals surface area contributed by atoms with Gasteiger partial charge in [0.1, 0.15) is 5.82 Å². The first kappa shape index (κ1) is 22.6. The lowest BCUT2D eigenvalue weighted by Gasteiger charge is -2.30. The van der Waals surface area contributed by atoms with Crippen molar-refractivity contribution in [2.75, 3.05) is 18.5 Å². The molecule has 10 heteroatoms. The molecule has 3 N–H and O–H groups in total. The minimum atomic E-state index is -1.28. The lowest BCUT2D eigenvalue weighted by Crippen LogP contribution is -2.38. The van der Waals surface area contributed by atoms with Crippen LogP contribution in [0.2, 0.25) is 5.02 Å². The van der Waals surface area contributed by atoms with Gasteiger partial charge in [-0.1, -0.05) is 17.7 Å². The number of aromatic amines is 1. The molecule has 0 spiro atoms. The highest BCUT2D eigenvalue weighted by Gasteiger charge is 2.25. The summed E-state index contributed by atoms with van der Waals surface area (Å²) in [5, 5.41) is 11.4. The van der Waals surface area contributed by atoms with Crippen LogP contribution in [0.3, 0.4) is 0 Å². The van der Waals surface area contributed by atoms with Crippen LogP contribution < -0.4 is 10.9 Å². The van der Waals surface area contributed by atoms with Crippen molar-refractivity contribution < 1.29 is 23.1 Å². The van der Waals surface area contributed by atoms with E-state index in [1.54, 1.807) is 6.92 Å². The predicted octanol–water partition coefficient (Wildman–Crippen LogP) is 4.58. The fourth-order valence-corrected chi connectivity index (χ4v) is 3.48. The lowest BCUT2D eigenvalue weighted by molar-refractivity contribution is 0.182. The van der Waals surface area contributed by atoms with E-state index in [-0.39, 0.29) is 35.7 Å². The van der Waals surface area contributed by atoms with Gasteiger partial charge in [0.15, 0.2) is 11.6 Å². The zero-order valence-corrected chi connectivity index (χ0v) is 17.1. The number of urea groups is 1. The first-order valence-electron chi connectivity index (χ1n) is 9.37. The molecule has 0 aliphatic rings. The Balaban J connectivity index is 2.00. The summed E-state index contributed by atoms with van der Waals surface area (Å²) in [5.41, 5.74) is -0.175. The molecule has 2 amide bonds. The normalized spacial score (nSPS) is 12.1. The number of aliphatic hydroxyl groups excluding tert-OH is 1. The van der Waals surface area contributed by atoms with Gasteiger partial charge >= 0.3 is 6.03 Å². The topological polar surface area (TPSA) is 85.4 Å². The minimum Gasteiger partial charge on any atom is -0.396 e. The van der Waals surface area contributed by atoms with Gasteiger partial charge in [0.05, 0.1) is 16.5 Å². The van der Waals surface area contributed by atoms with E-state index in [1.165, 1.54) is 29.3 Å². The molecule has 0 unspecified atom stereocenters. The van der Waals surface area contributed by atoms with Crippen LogP contribution >= 0.6 is 11.6 Å². The Morgan fingerprint density at radius 1 is 1.23 bits per heavy atom. The number of rotatable bonds is 6. The van der Waals surface area contributed by atoms with Gasteiger partial charge in [-0.25, -0.2) is 18.0 Å². The fourth-order valence-electron chi connectivity index (χ4n) is 3.30. The number of fused-ring (bicyclic) bond motifs is 1. The van der Waals surface area contributed by atoms with Gasteiger partial charge in [-0.2, -0.15) is 0 Å². The van der Waals surface area contributed by atoms with Crippen LogP contribution in [0.5, 0.6) is 0 Å². The number of H-pyrrole nitrogens is 1. The SMILES string of the molecule is C[C@@H](c1c[nH]c(=O)c2c(F)c(F)ccc12)N(CCCO)C(=O)Nc1ccc(F)c(Cl)c1. The Hall–Kier alpha value is -3.04. The second-order valence-electron chi connectivity index (χ2n) is 6.86. The maximum atomic E-state index is 14.3. The summed E-state index contributed by atoms with van der Waals surface area (Å²) < 4.78 is 41.3. The zero-order valence-electron chi connectivity index (χ0n) is 16.4. The second kappa shape index (κ2) is 9.40. The van der Waals surface area contributed by atoms with Crippen LogP contribution in [-0.2, 0) is 0 Å². The number of hydrogen-bond donors (Lipinski definition) is 3. The molecular formula is C21H19ClF3N3O3. The number of carbonyl (C=O) groups excluding carboxylic acids is 1. The van der Waals surface area contributed by atoms with Crippen LogP contribution in [0, 0.1) is 17.5 Å². The Labute approximate surface area is 180 Å². The third-order valence-electron chi connectivity index (χ3n) is 4.90. The lowest BCUT2D eigenvalue weighted by atomic mass is 10.0. The molecule has 0 saturated heterocycles. The van der Waals surface area contributed by atoms with E-state index in [4.69, 9.17) is 11.6 Å². The number of benzene rings is 2. The number of amides is 2. The molecule has 0 radical (unpaired) electrons. The number of hydrogen-bond acceptors (Lipinski definition) is 3. The van der Waals surface area contributed by atoms with E-state index in [0.717, 1.165) is 12.1 Å². The molecule has 0 aliphatic heterocycles. The molecule has 0 aliphatic carbocycles. The van der Waals surface area contributed by atoms with Crippen molar-refractivity contribution in [3.8, 4) is 0 Å². The van der Waals surface area contributed by atoms with E-state index in [9.17, 15) is 27.9 Å². The third kappa shape index (κ3) is 4.67. The molecule has 6 nitrogen and oxygen atoms in total. The van der Waals surface area contributed by atoms with Crippen LogP contribution in [0.4, 0.5) is 23.7 Å². The number of aromatic nitrogens is 1. The van der Waals surface area contributed by atoms with Crippen molar-refractivity contribution in [1.29, 1.82) is 0 Å². The minimum absolute atomic E-state index is 0.114. The van der Waals surface area contributed by atoms with Crippen molar-refractivity contribution in [1.82, 2.24) is 9.88 Å². The molecule has 31 heavy (non-hydrogen) atoms. The summed E-state index contributed by atoms with van der Waals surface area (Å²) in [6.07, 6.45) is 1.58. The predicted molar refractivity (Wildman–Crippen MR) is 112 cm³/mol. The number of nitrogens with zero attached hydrogens (tertiary/aromatic N) is 1. The number of carbonyl (C=O) groups is 1. The Bertz CT molecular complexity index is 1190. The Morgan fingerprint density at radius 3 is 2.61 bits per heavy atom. The molecule has 0 fully saturated rings. The fraction of sp³-hybridized carbons (Fsp3) is 0.238. The molecule has 164 valence electrons. The third-order valence-corrected chi connectivity index (χ3v) is 5.19. The van der Waals surface area contributed by atoms with E-state index >= 15 is 0 Å². The molecule has 1 heterocycles. The van der Waals surface area contributed by atoms with E-state index in [0.29, 0.717) is 5.56 Å². The Morgan fingerprint density at radius 2 is 1.94 bits per heavy atom. The number of halogens is 4. The van der Waals surface area contributed by atoms with Crippen molar-refractivity contribution in [2.24, 2.45) is 0 Å². The maximum Gasteiger partial charge on any atom is 0.322 e. The zero-order chi connectivity index (χ0) is 22.7. The van der Waals surface area contributed by atoms with Crippen molar-refractivity contribution in [3.05, 3.63) is 74.9 Å². The van der Waals surface area contributed by atoms with Crippen LogP contribution in [0.1, 0.15) is 24.9 Å². The van der Waals surface area contributed by atoms with Crippen molar-refractivity contribution in [3.63, 3.8) is 0 Å². The van der Waals surface area contributed by atoms with Gasteiger partial charge in [-0.15, -0.1) is 0 Å². The highest BCUT2D eigenvalue weighted by molar-refractivity contribution is 6.31. The van der Waals surface area contributed by atoms with Gasteiger partial charge < -0.3 is 20.3 Å². The standard InChI is InChI=1S/C21H19ClF3N3O3/c1-11(14-10-26-20(30)18-13(14)4-6-17(24)19(18)25)28(7-2-8-29)21(31)27-12-3-5-16(23)15(22)9-12/h3-6,9-11,29H,2,7-8H2,1H3,(H,26,30)(H,27,31)/t11-/m0/s1. The van der Waals surface area contributed by atoms with Gasteiger partial charge in [-0.3, -0.25) is 4.79 Å². The van der Waals surface area contributed by atoms with Crippen LogP contribution in [0.25, 0.3) is 10.8 Å². The molecule has 1 aromatic heterocycles. The quantitative estimate of drug-likeness (QED) is 0.511. The van der Waals surface area contributed by atoms with E-state index in [1.807, 2.05) is 0 Å². The highest BCUT2D eigenvalue weighted by atomic mass is 35.5. The maximum absolute atomic E-state index is 14.3. The van der Waals surface area contributed by atoms with Crippen molar-refractivity contribution >= 4 is 34.1 Å². The summed E-state index contributed by atoms with van der Waals surface area (Å²) in [6.45, 7) is 1.57. The number of aliphatic hydroxyl groups is 1. The van der Waals surface area contributed by atoms with Gasteiger partial charge in [0.25, 0.3) is 5.56 Å². The van der Waals surface area contributed by atoms with Crippen LogP contribution in [-0.4, -0.2) is 34.2 Å².